The van der Waals surface area contributed by atoms with E-state index in [1.165, 1.54) is 7.11 Å². The Bertz CT molecular complexity index is 254. The summed E-state index contributed by atoms with van der Waals surface area (Å²) in [4.78, 5) is 22.5. The minimum Gasteiger partial charge on any atom is -0.467 e. The van der Waals surface area contributed by atoms with Gasteiger partial charge in [-0.1, -0.05) is 0 Å². The lowest BCUT2D eigenvalue weighted by atomic mass is 10.1. The second kappa shape index (κ2) is 2.99. The van der Waals surface area contributed by atoms with Crippen molar-refractivity contribution in [3.63, 3.8) is 0 Å². The Balaban J connectivity index is 2.12. The Labute approximate surface area is 75.8 Å². The molecule has 2 aliphatic rings. The van der Waals surface area contributed by atoms with Gasteiger partial charge in [0, 0.05) is 6.04 Å². The summed E-state index contributed by atoms with van der Waals surface area (Å²) in [5.74, 6) is -0.463. The van der Waals surface area contributed by atoms with Gasteiger partial charge in [-0.3, -0.25) is 4.79 Å². The van der Waals surface area contributed by atoms with E-state index in [9.17, 15) is 9.59 Å². The van der Waals surface area contributed by atoms with Gasteiger partial charge >= 0.3 is 5.97 Å². The number of methoxy groups -OCH3 is 1. The zero-order chi connectivity index (χ0) is 9.42. The van der Waals surface area contributed by atoms with E-state index in [2.05, 4.69) is 15.4 Å². The van der Waals surface area contributed by atoms with Crippen LogP contribution < -0.4 is 10.6 Å². The highest BCUT2D eigenvalue weighted by Crippen LogP contribution is 2.20. The number of hydrogen-bond acceptors (Lipinski definition) is 4. The van der Waals surface area contributed by atoms with Crippen LogP contribution in [-0.2, 0) is 14.3 Å². The molecule has 2 heterocycles. The normalized spacial score (nSPS) is 37.0. The quantitative estimate of drug-likeness (QED) is 0.501. The number of esters is 1. The number of nitrogens with one attached hydrogen (secondary N) is 2. The molecule has 0 aromatic heterocycles. The third-order valence-electron chi connectivity index (χ3n) is 2.65. The van der Waals surface area contributed by atoms with Gasteiger partial charge in [0.15, 0.2) is 0 Å². The first-order valence-electron chi connectivity index (χ1n) is 4.36. The molecule has 2 N–H and O–H groups in total. The lowest BCUT2D eigenvalue weighted by molar-refractivity contribution is -0.147. The van der Waals surface area contributed by atoms with Crippen molar-refractivity contribution >= 4 is 11.9 Å². The first-order valence-corrected chi connectivity index (χ1v) is 4.36. The molecule has 0 radical (unpaired) electrons. The Morgan fingerprint density at radius 3 is 3.00 bits per heavy atom. The number of carbonyl (C=O) groups excluding carboxylic acids is 2. The molecule has 2 saturated heterocycles. The summed E-state index contributed by atoms with van der Waals surface area (Å²) in [6.07, 6.45) is 1.66. The van der Waals surface area contributed by atoms with Gasteiger partial charge < -0.3 is 15.4 Å². The molecular weight excluding hydrogens is 172 g/mol. The molecule has 5 nitrogen and oxygen atoms in total. The van der Waals surface area contributed by atoms with Crippen molar-refractivity contribution in [1.82, 2.24) is 10.6 Å². The fourth-order valence-electron chi connectivity index (χ4n) is 1.95. The van der Waals surface area contributed by atoms with Gasteiger partial charge in [0.1, 0.15) is 6.04 Å². The van der Waals surface area contributed by atoms with Crippen molar-refractivity contribution in [1.29, 1.82) is 0 Å². The number of amides is 1. The average Bonchev–Trinajstić information content (AvgIpc) is 2.56. The van der Waals surface area contributed by atoms with Crippen molar-refractivity contribution in [2.75, 3.05) is 7.11 Å². The molecule has 5 heteroatoms. The molecule has 13 heavy (non-hydrogen) atoms. The summed E-state index contributed by atoms with van der Waals surface area (Å²) in [7, 11) is 1.33. The molecule has 2 aliphatic heterocycles. The van der Waals surface area contributed by atoms with E-state index in [4.69, 9.17) is 0 Å². The molecule has 0 aromatic rings. The van der Waals surface area contributed by atoms with Crippen molar-refractivity contribution in [3.05, 3.63) is 0 Å². The molecule has 1 amide bonds. The first-order chi connectivity index (χ1) is 6.22. The maximum atomic E-state index is 11.3. The van der Waals surface area contributed by atoms with E-state index < -0.39 is 6.04 Å². The van der Waals surface area contributed by atoms with Crippen LogP contribution in [-0.4, -0.2) is 37.1 Å². The first kappa shape index (κ1) is 8.50. The van der Waals surface area contributed by atoms with Crippen LogP contribution >= 0.6 is 0 Å². The third-order valence-corrected chi connectivity index (χ3v) is 2.65. The van der Waals surface area contributed by atoms with Crippen LogP contribution in [0.1, 0.15) is 12.8 Å². The Kier molecular flexibility index (Phi) is 1.95. The highest BCUT2D eigenvalue weighted by atomic mass is 16.5. The molecule has 0 unspecified atom stereocenters. The smallest absolute Gasteiger partial charge is 0.330 e. The maximum absolute atomic E-state index is 11.3. The van der Waals surface area contributed by atoms with E-state index >= 15 is 0 Å². The molecule has 3 atom stereocenters. The molecule has 0 saturated carbocycles. The van der Waals surface area contributed by atoms with Crippen molar-refractivity contribution in [3.8, 4) is 0 Å². The predicted molar refractivity (Wildman–Crippen MR) is 43.9 cm³/mol. The number of rotatable bonds is 1. The minimum atomic E-state index is -0.503. The second-order valence-electron chi connectivity index (χ2n) is 3.41. The fraction of sp³-hybridized carbons (Fsp3) is 0.750. The zero-order valence-electron chi connectivity index (χ0n) is 7.37. The summed E-state index contributed by atoms with van der Waals surface area (Å²) >= 11 is 0. The largest absolute Gasteiger partial charge is 0.467 e. The molecule has 0 aliphatic carbocycles. The van der Waals surface area contributed by atoms with Gasteiger partial charge in [-0.2, -0.15) is 0 Å². The monoisotopic (exact) mass is 184 g/mol. The van der Waals surface area contributed by atoms with E-state index in [-0.39, 0.29) is 24.0 Å². The summed E-state index contributed by atoms with van der Waals surface area (Å²) in [6.45, 7) is 0. The highest BCUT2D eigenvalue weighted by molar-refractivity contribution is 5.90. The van der Waals surface area contributed by atoms with Gasteiger partial charge in [-0.25, -0.2) is 4.79 Å². The summed E-state index contributed by atoms with van der Waals surface area (Å²) in [6, 6.07) is -0.558. The summed E-state index contributed by atoms with van der Waals surface area (Å²) < 4.78 is 4.59. The number of carbonyl (C=O) groups is 2. The number of hydrogen-bond donors (Lipinski definition) is 2. The molecular formula is C8H12N2O3. The summed E-state index contributed by atoms with van der Waals surface area (Å²) in [5, 5.41) is 5.75. The van der Waals surface area contributed by atoms with E-state index in [0.717, 1.165) is 12.8 Å². The summed E-state index contributed by atoms with van der Waals surface area (Å²) in [5.41, 5.74) is 0. The van der Waals surface area contributed by atoms with Crippen molar-refractivity contribution < 1.29 is 14.3 Å². The van der Waals surface area contributed by atoms with Gasteiger partial charge in [0.25, 0.3) is 0 Å². The van der Waals surface area contributed by atoms with Crippen LogP contribution in [0.5, 0.6) is 0 Å². The molecule has 0 spiro atoms. The zero-order valence-corrected chi connectivity index (χ0v) is 7.37. The van der Waals surface area contributed by atoms with Crippen LogP contribution in [0.25, 0.3) is 0 Å². The Morgan fingerprint density at radius 1 is 1.54 bits per heavy atom. The van der Waals surface area contributed by atoms with Crippen LogP contribution in [0.15, 0.2) is 0 Å². The maximum Gasteiger partial charge on any atom is 0.330 e. The predicted octanol–water partition coefficient (Wildman–Crippen LogP) is -1.22. The third kappa shape index (κ3) is 1.29. The van der Waals surface area contributed by atoms with Gasteiger partial charge in [-0.05, 0) is 12.8 Å². The van der Waals surface area contributed by atoms with Crippen LogP contribution in [0.2, 0.25) is 0 Å². The molecule has 2 fully saturated rings. The lowest BCUT2D eigenvalue weighted by Gasteiger charge is -2.28. The van der Waals surface area contributed by atoms with Gasteiger partial charge in [0.05, 0.1) is 13.2 Å². The molecule has 2 rings (SSSR count). The SMILES string of the molecule is COC(=O)[C@H]1NC(=O)[C@H]2CC[C@@H]1N2. The number of fused-ring (bicyclic) bond motifs is 2. The topological polar surface area (TPSA) is 67.4 Å². The van der Waals surface area contributed by atoms with Crippen molar-refractivity contribution in [2.45, 2.75) is 31.0 Å². The van der Waals surface area contributed by atoms with E-state index in [1.54, 1.807) is 0 Å². The van der Waals surface area contributed by atoms with Crippen LogP contribution in [0.3, 0.4) is 0 Å². The van der Waals surface area contributed by atoms with Crippen LogP contribution in [0.4, 0.5) is 0 Å². The molecule has 2 bridgehead atoms. The lowest BCUT2D eigenvalue weighted by Crippen LogP contribution is -2.62. The minimum absolute atomic E-state index is 0.0511. The molecule has 0 aromatic carbocycles. The fourth-order valence-corrected chi connectivity index (χ4v) is 1.95. The van der Waals surface area contributed by atoms with E-state index in [0.29, 0.717) is 0 Å². The Hall–Kier alpha value is -1.10. The standard InChI is InChI=1S/C8H12N2O3/c1-13-8(12)6-4-2-3-5(9-4)7(11)10-6/h4-6,9H,2-3H2,1H3,(H,10,11)/t4-,5+,6-/m0/s1. The second-order valence-corrected chi connectivity index (χ2v) is 3.41. The van der Waals surface area contributed by atoms with Gasteiger partial charge in [-0.15, -0.1) is 0 Å². The number of ether oxygens (including phenoxy) is 1. The molecule has 72 valence electrons. The van der Waals surface area contributed by atoms with Crippen molar-refractivity contribution in [2.24, 2.45) is 0 Å². The highest BCUT2D eigenvalue weighted by Gasteiger charge is 2.43. The van der Waals surface area contributed by atoms with Crippen LogP contribution in [0, 0.1) is 0 Å². The van der Waals surface area contributed by atoms with E-state index in [1.807, 2.05) is 0 Å². The van der Waals surface area contributed by atoms with Gasteiger partial charge in [0.2, 0.25) is 5.91 Å². The Morgan fingerprint density at radius 2 is 2.31 bits per heavy atom. The average molecular weight is 184 g/mol. The number of piperazine rings is 1.